The van der Waals surface area contributed by atoms with E-state index in [0.717, 1.165) is 36.3 Å². The minimum absolute atomic E-state index is 0.0348. The highest BCUT2D eigenvalue weighted by molar-refractivity contribution is 7.90. The van der Waals surface area contributed by atoms with Crippen molar-refractivity contribution in [3.8, 4) is 0 Å². The first-order chi connectivity index (χ1) is 11.7. The lowest BCUT2D eigenvalue weighted by Gasteiger charge is -2.41. The fourth-order valence-corrected chi connectivity index (χ4v) is 3.88. The monoisotopic (exact) mass is 361 g/mol. The first-order valence-electron chi connectivity index (χ1n) is 8.35. The van der Waals surface area contributed by atoms with E-state index in [1.165, 1.54) is 6.26 Å². The molecule has 0 bridgehead atoms. The third-order valence-electron chi connectivity index (χ3n) is 4.96. The number of nitrogens with zero attached hydrogens (tertiary/aromatic N) is 1. The van der Waals surface area contributed by atoms with Crippen LogP contribution in [-0.2, 0) is 20.0 Å². The molecule has 7 heteroatoms. The topological polar surface area (TPSA) is 91.9 Å². The van der Waals surface area contributed by atoms with Crippen LogP contribution in [0.1, 0.15) is 49.3 Å². The Bertz CT molecular complexity index is 881. The third kappa shape index (κ3) is 3.33. The van der Waals surface area contributed by atoms with Gasteiger partial charge in [0.05, 0.1) is 16.4 Å². The highest BCUT2D eigenvalue weighted by Gasteiger charge is 2.46. The quantitative estimate of drug-likeness (QED) is 0.855. The minimum Gasteiger partial charge on any atom is -0.346 e. The standard InChI is InChI=1S/C18H23N3O3S/c1-12-11-19-16(20-12)13(2)21-17(22)18(9-4-10-18)14-5-7-15(8-6-14)25(3,23)24/h5-8,11,13H,4,9-10H2,1-3H3,(H,19,20)(H,21,22)/t13-/m0/s1. The largest absolute Gasteiger partial charge is 0.346 e. The zero-order valence-corrected chi connectivity index (χ0v) is 15.5. The van der Waals surface area contributed by atoms with Gasteiger partial charge in [0, 0.05) is 18.1 Å². The molecule has 0 spiro atoms. The Morgan fingerprint density at radius 1 is 1.28 bits per heavy atom. The summed E-state index contributed by atoms with van der Waals surface area (Å²) in [5, 5.41) is 3.04. The van der Waals surface area contributed by atoms with Gasteiger partial charge in [-0.2, -0.15) is 0 Å². The lowest BCUT2D eigenvalue weighted by molar-refractivity contribution is -0.130. The van der Waals surface area contributed by atoms with E-state index in [2.05, 4.69) is 15.3 Å². The van der Waals surface area contributed by atoms with Crippen molar-refractivity contribution in [1.29, 1.82) is 0 Å². The number of carbonyl (C=O) groups excluding carboxylic acids is 1. The van der Waals surface area contributed by atoms with Crippen LogP contribution < -0.4 is 5.32 Å². The number of amides is 1. The Hall–Kier alpha value is -2.15. The van der Waals surface area contributed by atoms with E-state index in [1.807, 2.05) is 13.8 Å². The van der Waals surface area contributed by atoms with Crippen molar-refractivity contribution in [2.24, 2.45) is 0 Å². The molecule has 3 rings (SSSR count). The summed E-state index contributed by atoms with van der Waals surface area (Å²) in [6.45, 7) is 3.82. The van der Waals surface area contributed by atoms with Crippen LogP contribution in [0.25, 0.3) is 0 Å². The van der Waals surface area contributed by atoms with Gasteiger partial charge in [-0.3, -0.25) is 4.79 Å². The number of aromatic amines is 1. The summed E-state index contributed by atoms with van der Waals surface area (Å²) in [7, 11) is -3.24. The van der Waals surface area contributed by atoms with E-state index >= 15 is 0 Å². The maximum Gasteiger partial charge on any atom is 0.231 e. The molecule has 6 nitrogen and oxygen atoms in total. The number of aromatic nitrogens is 2. The van der Waals surface area contributed by atoms with Crippen molar-refractivity contribution in [2.75, 3.05) is 6.26 Å². The SMILES string of the molecule is Cc1cnc([C@H](C)NC(=O)C2(c3ccc(S(C)(=O)=O)cc3)CCC2)[nH]1. The molecule has 25 heavy (non-hydrogen) atoms. The second-order valence-corrected chi connectivity index (χ2v) is 8.89. The van der Waals surface area contributed by atoms with Gasteiger partial charge < -0.3 is 10.3 Å². The van der Waals surface area contributed by atoms with Gasteiger partial charge in [0.1, 0.15) is 5.82 Å². The molecule has 2 aromatic rings. The van der Waals surface area contributed by atoms with Crippen LogP contribution in [0.4, 0.5) is 0 Å². The summed E-state index contributed by atoms with van der Waals surface area (Å²) in [6.07, 6.45) is 5.43. The normalized spacial score (nSPS) is 17.6. The van der Waals surface area contributed by atoms with Gasteiger partial charge in [0.15, 0.2) is 9.84 Å². The number of sulfone groups is 1. The molecule has 1 saturated carbocycles. The maximum atomic E-state index is 12.9. The smallest absolute Gasteiger partial charge is 0.231 e. The fourth-order valence-electron chi connectivity index (χ4n) is 3.25. The van der Waals surface area contributed by atoms with Crippen LogP contribution in [0.2, 0.25) is 0 Å². The van der Waals surface area contributed by atoms with Gasteiger partial charge in [-0.1, -0.05) is 18.6 Å². The fraction of sp³-hybridized carbons (Fsp3) is 0.444. The zero-order chi connectivity index (χ0) is 18.2. The van der Waals surface area contributed by atoms with E-state index < -0.39 is 15.3 Å². The van der Waals surface area contributed by atoms with Crippen LogP contribution in [0.3, 0.4) is 0 Å². The first kappa shape index (κ1) is 17.7. The molecule has 1 aromatic carbocycles. The van der Waals surface area contributed by atoms with Crippen molar-refractivity contribution in [3.63, 3.8) is 0 Å². The highest BCUT2D eigenvalue weighted by Crippen LogP contribution is 2.44. The van der Waals surface area contributed by atoms with Gasteiger partial charge in [-0.15, -0.1) is 0 Å². The van der Waals surface area contributed by atoms with E-state index in [0.29, 0.717) is 0 Å². The van der Waals surface area contributed by atoms with Gasteiger partial charge in [0.25, 0.3) is 0 Å². The number of hydrogen-bond donors (Lipinski definition) is 2. The Balaban J connectivity index is 1.81. The molecule has 0 radical (unpaired) electrons. The van der Waals surface area contributed by atoms with Gasteiger partial charge in [-0.05, 0) is 44.4 Å². The number of H-pyrrole nitrogens is 1. The molecule has 2 N–H and O–H groups in total. The highest BCUT2D eigenvalue weighted by atomic mass is 32.2. The van der Waals surface area contributed by atoms with Crippen molar-refractivity contribution >= 4 is 15.7 Å². The van der Waals surface area contributed by atoms with E-state index in [9.17, 15) is 13.2 Å². The average Bonchev–Trinajstić information content (AvgIpc) is 2.92. The Kier molecular flexibility index (Phi) is 4.45. The van der Waals surface area contributed by atoms with Crippen molar-refractivity contribution in [1.82, 2.24) is 15.3 Å². The molecule has 1 aromatic heterocycles. The van der Waals surface area contributed by atoms with E-state index in [-0.39, 0.29) is 16.8 Å². The molecule has 0 aliphatic heterocycles. The molecule has 1 fully saturated rings. The summed E-state index contributed by atoms with van der Waals surface area (Å²) in [5.74, 6) is 0.695. The molecular weight excluding hydrogens is 338 g/mol. The van der Waals surface area contributed by atoms with Crippen LogP contribution in [-0.4, -0.2) is 30.5 Å². The third-order valence-corrected chi connectivity index (χ3v) is 6.09. The number of aryl methyl sites for hydroxylation is 1. The summed E-state index contributed by atoms with van der Waals surface area (Å²) in [4.78, 5) is 20.6. The summed E-state index contributed by atoms with van der Waals surface area (Å²) < 4.78 is 23.3. The number of rotatable bonds is 5. The molecular formula is C18H23N3O3S. The predicted octanol–water partition coefficient (Wildman–Crippen LogP) is 2.42. The molecule has 1 atom stereocenters. The molecule has 134 valence electrons. The van der Waals surface area contributed by atoms with Crippen LogP contribution in [0, 0.1) is 6.92 Å². The van der Waals surface area contributed by atoms with Gasteiger partial charge in [0.2, 0.25) is 5.91 Å². The van der Waals surface area contributed by atoms with E-state index in [1.54, 1.807) is 30.5 Å². The van der Waals surface area contributed by atoms with Crippen LogP contribution >= 0.6 is 0 Å². The van der Waals surface area contributed by atoms with Crippen LogP contribution in [0.15, 0.2) is 35.4 Å². The maximum absolute atomic E-state index is 12.9. The number of hydrogen-bond acceptors (Lipinski definition) is 4. The lowest BCUT2D eigenvalue weighted by atomic mass is 9.63. The molecule has 1 amide bonds. The molecule has 1 aliphatic carbocycles. The molecule has 1 aliphatic rings. The number of carbonyl (C=O) groups is 1. The number of nitrogens with one attached hydrogen (secondary N) is 2. The summed E-state index contributed by atoms with van der Waals surface area (Å²) in [5.41, 5.74) is 1.24. The van der Waals surface area contributed by atoms with Crippen LogP contribution in [0.5, 0.6) is 0 Å². The molecule has 0 saturated heterocycles. The van der Waals surface area contributed by atoms with E-state index in [4.69, 9.17) is 0 Å². The second kappa shape index (κ2) is 6.29. The van der Waals surface area contributed by atoms with Crippen molar-refractivity contribution < 1.29 is 13.2 Å². The zero-order valence-electron chi connectivity index (χ0n) is 14.7. The summed E-state index contributed by atoms with van der Waals surface area (Å²) >= 11 is 0. The molecule has 0 unspecified atom stereocenters. The predicted molar refractivity (Wildman–Crippen MR) is 95.0 cm³/mol. The van der Waals surface area contributed by atoms with Gasteiger partial charge in [-0.25, -0.2) is 13.4 Å². The Labute approximate surface area is 148 Å². The Morgan fingerprint density at radius 3 is 2.36 bits per heavy atom. The average molecular weight is 361 g/mol. The second-order valence-electron chi connectivity index (χ2n) is 6.88. The number of imidazole rings is 1. The number of benzene rings is 1. The molecule has 1 heterocycles. The minimum atomic E-state index is -3.24. The van der Waals surface area contributed by atoms with Crippen molar-refractivity contribution in [2.45, 2.75) is 49.5 Å². The lowest BCUT2D eigenvalue weighted by Crippen LogP contribution is -2.49. The van der Waals surface area contributed by atoms with Crippen molar-refractivity contribution in [3.05, 3.63) is 47.5 Å². The Morgan fingerprint density at radius 2 is 1.92 bits per heavy atom. The van der Waals surface area contributed by atoms with Gasteiger partial charge >= 0.3 is 0 Å². The first-order valence-corrected chi connectivity index (χ1v) is 10.2. The summed E-state index contributed by atoms with van der Waals surface area (Å²) in [6, 6.07) is 6.47.